The van der Waals surface area contributed by atoms with E-state index >= 15 is 0 Å². The predicted molar refractivity (Wildman–Crippen MR) is 98.5 cm³/mol. The lowest BCUT2D eigenvalue weighted by Crippen LogP contribution is -2.42. The molecule has 6 heteroatoms. The van der Waals surface area contributed by atoms with Gasteiger partial charge in [0, 0.05) is 15.9 Å². The minimum absolute atomic E-state index is 0.155. The molecule has 5 nitrogen and oxygen atoms in total. The van der Waals surface area contributed by atoms with E-state index in [2.05, 4.69) is 21.9 Å². The fourth-order valence-electron chi connectivity index (χ4n) is 2.75. The Bertz CT molecular complexity index is 945. The molecule has 0 aliphatic carbocycles. The summed E-state index contributed by atoms with van der Waals surface area (Å²) in [5.41, 5.74) is 9.18. The first-order valence-electron chi connectivity index (χ1n) is 7.86. The van der Waals surface area contributed by atoms with E-state index < -0.39 is 5.91 Å². The second kappa shape index (κ2) is 6.99. The molecule has 0 saturated carbocycles. The number of carbonyl (C=O) groups is 2. The van der Waals surface area contributed by atoms with E-state index in [0.29, 0.717) is 10.7 Å². The van der Waals surface area contributed by atoms with Crippen molar-refractivity contribution in [3.8, 4) is 0 Å². The number of amides is 2. The van der Waals surface area contributed by atoms with Crippen molar-refractivity contribution in [1.29, 1.82) is 0 Å². The van der Waals surface area contributed by atoms with E-state index in [9.17, 15) is 9.59 Å². The van der Waals surface area contributed by atoms with E-state index in [1.165, 1.54) is 0 Å². The molecular formula is C19H18ClN3O2. The normalized spacial score (nSPS) is 10.7. The largest absolute Gasteiger partial charge is 0.350 e. The van der Waals surface area contributed by atoms with E-state index in [0.717, 1.165) is 27.6 Å². The minimum Gasteiger partial charge on any atom is -0.350 e. The highest BCUT2D eigenvalue weighted by Gasteiger charge is 2.12. The number of H-pyrrole nitrogens is 1. The Morgan fingerprint density at radius 3 is 2.48 bits per heavy atom. The van der Waals surface area contributed by atoms with E-state index in [-0.39, 0.29) is 12.3 Å². The predicted octanol–water partition coefficient (Wildman–Crippen LogP) is 3.44. The van der Waals surface area contributed by atoms with Gasteiger partial charge in [-0.25, -0.2) is 0 Å². The number of hydrogen-bond acceptors (Lipinski definition) is 2. The number of rotatable bonds is 3. The molecule has 0 fully saturated rings. The van der Waals surface area contributed by atoms with Crippen LogP contribution < -0.4 is 10.9 Å². The monoisotopic (exact) mass is 355 g/mol. The Balaban J connectivity index is 1.63. The standard InChI is InChI=1S/C19H18ClN3O2/c1-11-7-12(2)15-10-17(21-16(15)8-11)19(25)23-22-18(24)9-13-3-5-14(20)6-4-13/h3-8,10,21H,9H2,1-2H3,(H,22,24)(H,23,25). The number of nitrogens with one attached hydrogen (secondary N) is 3. The van der Waals surface area contributed by atoms with Crippen molar-refractivity contribution in [3.63, 3.8) is 0 Å². The summed E-state index contributed by atoms with van der Waals surface area (Å²) in [4.78, 5) is 27.3. The number of aromatic nitrogens is 1. The molecule has 0 aliphatic heterocycles. The molecule has 25 heavy (non-hydrogen) atoms. The summed E-state index contributed by atoms with van der Waals surface area (Å²) in [5.74, 6) is -0.698. The highest BCUT2D eigenvalue weighted by Crippen LogP contribution is 2.21. The molecule has 3 rings (SSSR count). The quantitative estimate of drug-likeness (QED) is 0.629. The van der Waals surface area contributed by atoms with E-state index in [1.807, 2.05) is 19.9 Å². The molecule has 1 heterocycles. The molecule has 0 unspecified atom stereocenters. The van der Waals surface area contributed by atoms with Gasteiger partial charge in [0.15, 0.2) is 0 Å². The van der Waals surface area contributed by atoms with Crippen LogP contribution >= 0.6 is 11.6 Å². The molecule has 0 bridgehead atoms. The van der Waals surface area contributed by atoms with Crippen molar-refractivity contribution in [2.75, 3.05) is 0 Å². The SMILES string of the molecule is Cc1cc(C)c2cc(C(=O)NNC(=O)Cc3ccc(Cl)cc3)[nH]c2c1. The molecule has 128 valence electrons. The summed E-state index contributed by atoms with van der Waals surface area (Å²) in [6.45, 7) is 4.00. The number of hydrazine groups is 1. The van der Waals surface area contributed by atoms with Gasteiger partial charge in [-0.05, 0) is 54.8 Å². The van der Waals surface area contributed by atoms with Gasteiger partial charge in [0.1, 0.15) is 5.69 Å². The molecule has 0 aliphatic rings. The van der Waals surface area contributed by atoms with Crippen molar-refractivity contribution < 1.29 is 9.59 Å². The van der Waals surface area contributed by atoms with Gasteiger partial charge in [0.2, 0.25) is 5.91 Å². The van der Waals surface area contributed by atoms with Crippen LogP contribution in [-0.4, -0.2) is 16.8 Å². The zero-order valence-corrected chi connectivity index (χ0v) is 14.7. The van der Waals surface area contributed by atoms with Crippen LogP contribution in [-0.2, 0) is 11.2 Å². The maximum Gasteiger partial charge on any atom is 0.286 e. The molecule has 2 amide bonds. The number of aryl methyl sites for hydroxylation is 2. The van der Waals surface area contributed by atoms with Gasteiger partial charge in [-0.3, -0.25) is 20.4 Å². The number of benzene rings is 2. The molecular weight excluding hydrogens is 338 g/mol. The Morgan fingerprint density at radius 2 is 1.76 bits per heavy atom. The Labute approximate surface area is 150 Å². The summed E-state index contributed by atoms with van der Waals surface area (Å²) in [6.07, 6.45) is 0.155. The van der Waals surface area contributed by atoms with Crippen LogP contribution in [0.15, 0.2) is 42.5 Å². The lowest BCUT2D eigenvalue weighted by atomic mass is 10.1. The second-order valence-corrected chi connectivity index (χ2v) is 6.47. The molecule has 3 N–H and O–H groups in total. The highest BCUT2D eigenvalue weighted by molar-refractivity contribution is 6.30. The average molecular weight is 356 g/mol. The molecule has 2 aromatic carbocycles. The van der Waals surface area contributed by atoms with Crippen molar-refractivity contribution in [2.24, 2.45) is 0 Å². The lowest BCUT2D eigenvalue weighted by molar-refractivity contribution is -0.121. The van der Waals surface area contributed by atoms with Gasteiger partial charge in [-0.1, -0.05) is 29.8 Å². The van der Waals surface area contributed by atoms with Crippen LogP contribution in [0.1, 0.15) is 27.2 Å². The second-order valence-electron chi connectivity index (χ2n) is 6.03. The highest BCUT2D eigenvalue weighted by atomic mass is 35.5. The fourth-order valence-corrected chi connectivity index (χ4v) is 2.87. The molecule has 0 atom stereocenters. The van der Waals surface area contributed by atoms with Crippen LogP contribution in [0, 0.1) is 13.8 Å². The number of hydrogen-bond donors (Lipinski definition) is 3. The molecule has 0 spiro atoms. The lowest BCUT2D eigenvalue weighted by Gasteiger charge is -2.06. The van der Waals surface area contributed by atoms with Crippen LogP contribution in [0.5, 0.6) is 0 Å². The first kappa shape index (κ1) is 17.0. The van der Waals surface area contributed by atoms with Crippen molar-refractivity contribution in [2.45, 2.75) is 20.3 Å². The van der Waals surface area contributed by atoms with Gasteiger partial charge in [0.25, 0.3) is 5.91 Å². The van der Waals surface area contributed by atoms with Gasteiger partial charge in [-0.15, -0.1) is 0 Å². The van der Waals surface area contributed by atoms with E-state index in [1.54, 1.807) is 30.3 Å². The topological polar surface area (TPSA) is 74.0 Å². The number of aromatic amines is 1. The minimum atomic E-state index is -0.391. The van der Waals surface area contributed by atoms with Gasteiger partial charge < -0.3 is 4.98 Å². The fraction of sp³-hybridized carbons (Fsp3) is 0.158. The summed E-state index contributed by atoms with van der Waals surface area (Å²) in [5, 5.41) is 1.60. The maximum atomic E-state index is 12.2. The number of fused-ring (bicyclic) bond motifs is 1. The van der Waals surface area contributed by atoms with Crippen LogP contribution in [0.25, 0.3) is 10.9 Å². The number of carbonyl (C=O) groups excluding carboxylic acids is 2. The van der Waals surface area contributed by atoms with Crippen molar-refractivity contribution >= 4 is 34.3 Å². The summed E-state index contributed by atoms with van der Waals surface area (Å²) >= 11 is 5.81. The zero-order chi connectivity index (χ0) is 18.0. The summed E-state index contributed by atoms with van der Waals surface area (Å²) in [7, 11) is 0. The van der Waals surface area contributed by atoms with Crippen molar-refractivity contribution in [3.05, 3.63) is 69.9 Å². The van der Waals surface area contributed by atoms with Crippen LogP contribution in [0.3, 0.4) is 0 Å². The first-order chi connectivity index (χ1) is 11.9. The van der Waals surface area contributed by atoms with Gasteiger partial charge in [0.05, 0.1) is 6.42 Å². The van der Waals surface area contributed by atoms with Crippen molar-refractivity contribution in [1.82, 2.24) is 15.8 Å². The molecule has 3 aromatic rings. The van der Waals surface area contributed by atoms with Crippen LogP contribution in [0.2, 0.25) is 5.02 Å². The summed E-state index contributed by atoms with van der Waals surface area (Å²) in [6, 6.07) is 12.8. The first-order valence-corrected chi connectivity index (χ1v) is 8.24. The maximum absolute atomic E-state index is 12.2. The third-order valence-electron chi connectivity index (χ3n) is 3.93. The smallest absolute Gasteiger partial charge is 0.286 e. The van der Waals surface area contributed by atoms with Gasteiger partial charge in [-0.2, -0.15) is 0 Å². The van der Waals surface area contributed by atoms with Crippen LogP contribution in [0.4, 0.5) is 0 Å². The Hall–Kier alpha value is -2.79. The average Bonchev–Trinajstić information content (AvgIpc) is 2.99. The number of halogens is 1. The molecule has 1 aromatic heterocycles. The zero-order valence-electron chi connectivity index (χ0n) is 13.9. The van der Waals surface area contributed by atoms with Gasteiger partial charge >= 0.3 is 0 Å². The summed E-state index contributed by atoms with van der Waals surface area (Å²) < 4.78 is 0. The molecule has 0 radical (unpaired) electrons. The Kier molecular flexibility index (Phi) is 4.76. The Morgan fingerprint density at radius 1 is 1.04 bits per heavy atom. The third-order valence-corrected chi connectivity index (χ3v) is 4.18. The molecule has 0 saturated heterocycles. The third kappa shape index (κ3) is 4.00. The van der Waals surface area contributed by atoms with E-state index in [4.69, 9.17) is 11.6 Å².